The minimum atomic E-state index is 0.327. The quantitative estimate of drug-likeness (QED) is 0.395. The molecule has 0 atom stereocenters. The molecule has 3 heterocycles. The smallest absolute Gasteiger partial charge is 0.213 e. The molecule has 0 fully saturated rings. The van der Waals surface area contributed by atoms with E-state index in [4.69, 9.17) is 16.0 Å². The van der Waals surface area contributed by atoms with Crippen LogP contribution in [0.25, 0.3) is 33.2 Å². The molecule has 0 radical (unpaired) electrons. The fraction of sp³-hybridized carbons (Fsp3) is 0.208. The Labute approximate surface area is 186 Å². The summed E-state index contributed by atoms with van der Waals surface area (Å²) in [6, 6.07) is 13.2. The Balaban J connectivity index is 1.73. The Morgan fingerprint density at radius 1 is 1.03 bits per heavy atom. The van der Waals surface area contributed by atoms with Crippen LogP contribution >= 0.6 is 0 Å². The van der Waals surface area contributed by atoms with Gasteiger partial charge in [0.15, 0.2) is 17.3 Å². The first-order valence-electron chi connectivity index (χ1n) is 10.1. The van der Waals surface area contributed by atoms with Crippen LogP contribution in [0.2, 0.25) is 0 Å². The first-order chi connectivity index (χ1) is 15.6. The number of ether oxygens (including phenoxy) is 2. The fourth-order valence-electron chi connectivity index (χ4n) is 3.38. The van der Waals surface area contributed by atoms with Gasteiger partial charge in [-0.1, -0.05) is 23.8 Å². The molecule has 3 aromatic heterocycles. The molecule has 0 aliphatic rings. The largest absolute Gasteiger partial charge is 0.481 e. The van der Waals surface area contributed by atoms with Gasteiger partial charge in [-0.05, 0) is 32.0 Å². The third-order valence-corrected chi connectivity index (χ3v) is 4.99. The van der Waals surface area contributed by atoms with Gasteiger partial charge in [0.1, 0.15) is 6.61 Å². The highest BCUT2D eigenvalue weighted by Crippen LogP contribution is 2.28. The molecule has 0 aliphatic heterocycles. The van der Waals surface area contributed by atoms with Gasteiger partial charge < -0.3 is 9.47 Å². The molecule has 0 amide bonds. The highest BCUT2D eigenvalue weighted by molar-refractivity contribution is 5.69. The number of nitrogens with zero attached hydrogens (tertiary/aromatic N) is 6. The molecule has 4 rings (SSSR count). The van der Waals surface area contributed by atoms with E-state index in [1.54, 1.807) is 31.6 Å². The maximum atomic E-state index is 7.17. The summed E-state index contributed by atoms with van der Waals surface area (Å²) in [6.45, 7) is 12.0. The van der Waals surface area contributed by atoms with E-state index in [2.05, 4.69) is 25.0 Å². The van der Waals surface area contributed by atoms with Gasteiger partial charge in [0.25, 0.3) is 0 Å². The van der Waals surface area contributed by atoms with Gasteiger partial charge in [-0.3, -0.25) is 9.55 Å². The molecule has 160 valence electrons. The van der Waals surface area contributed by atoms with E-state index in [-0.39, 0.29) is 0 Å². The summed E-state index contributed by atoms with van der Waals surface area (Å²) in [5, 5.41) is 8.74. The minimum absolute atomic E-state index is 0.327. The third kappa shape index (κ3) is 4.19. The van der Waals surface area contributed by atoms with Crippen molar-refractivity contribution in [3.63, 3.8) is 0 Å². The van der Waals surface area contributed by atoms with Crippen molar-refractivity contribution in [2.45, 2.75) is 20.5 Å². The van der Waals surface area contributed by atoms with Crippen LogP contribution in [0.3, 0.4) is 0 Å². The van der Waals surface area contributed by atoms with Crippen molar-refractivity contribution < 1.29 is 9.47 Å². The average molecular weight is 426 g/mol. The van der Waals surface area contributed by atoms with Crippen LogP contribution in [0.5, 0.6) is 5.88 Å². The fourth-order valence-corrected chi connectivity index (χ4v) is 3.38. The van der Waals surface area contributed by atoms with Gasteiger partial charge in [0.2, 0.25) is 5.88 Å². The summed E-state index contributed by atoms with van der Waals surface area (Å²) in [4.78, 5) is 12.4. The molecule has 8 nitrogen and oxygen atoms in total. The van der Waals surface area contributed by atoms with E-state index >= 15 is 0 Å². The number of benzene rings is 1. The predicted molar refractivity (Wildman–Crippen MR) is 121 cm³/mol. The van der Waals surface area contributed by atoms with E-state index in [9.17, 15) is 0 Å². The molecule has 8 heteroatoms. The second-order valence-corrected chi connectivity index (χ2v) is 7.01. The van der Waals surface area contributed by atoms with Crippen LogP contribution in [0.15, 0.2) is 54.9 Å². The molecule has 0 bridgehead atoms. The maximum Gasteiger partial charge on any atom is 0.213 e. The number of hydrogen-bond acceptors (Lipinski definition) is 6. The zero-order chi connectivity index (χ0) is 22.5. The highest BCUT2D eigenvalue weighted by Gasteiger charge is 2.17. The SMILES string of the molecule is [C-]#[N+]c1ccc(-c2ccc(-c3nnc(COCC)n3-c3ccc(OC)nc3)cn2)c(C)c1. The van der Waals surface area contributed by atoms with Crippen molar-refractivity contribution in [2.75, 3.05) is 13.7 Å². The summed E-state index contributed by atoms with van der Waals surface area (Å²) in [7, 11) is 1.58. The van der Waals surface area contributed by atoms with Gasteiger partial charge >= 0.3 is 0 Å². The molecule has 0 aliphatic carbocycles. The maximum absolute atomic E-state index is 7.17. The molecular formula is C24H22N6O2. The van der Waals surface area contributed by atoms with E-state index in [1.165, 1.54) is 0 Å². The Morgan fingerprint density at radius 2 is 1.91 bits per heavy atom. The molecule has 0 saturated carbocycles. The van der Waals surface area contributed by atoms with E-state index < -0.39 is 0 Å². The first kappa shape index (κ1) is 21.2. The van der Waals surface area contributed by atoms with Gasteiger partial charge in [0.05, 0.1) is 31.3 Å². The molecular weight excluding hydrogens is 404 g/mol. The number of methoxy groups -OCH3 is 1. The highest BCUT2D eigenvalue weighted by atomic mass is 16.5. The van der Waals surface area contributed by atoms with Crippen LogP contribution in [0.1, 0.15) is 18.3 Å². The van der Waals surface area contributed by atoms with Gasteiger partial charge in [0, 0.05) is 30.0 Å². The van der Waals surface area contributed by atoms with E-state index in [0.717, 1.165) is 28.1 Å². The standard InChI is InChI=1S/C24H22N6O2/c1-5-32-15-22-28-29-24(30(22)19-8-11-23(31-4)27-14-19)17-6-10-21(26-13-17)20-9-7-18(25-3)12-16(20)2/h6-14H,5,15H2,1-2,4H3. The minimum Gasteiger partial charge on any atom is -0.481 e. The average Bonchev–Trinajstić information content (AvgIpc) is 3.26. The van der Waals surface area contributed by atoms with E-state index in [1.807, 2.05) is 48.7 Å². The van der Waals surface area contributed by atoms with E-state index in [0.29, 0.717) is 36.4 Å². The van der Waals surface area contributed by atoms with Crippen LogP contribution in [0, 0.1) is 13.5 Å². The summed E-state index contributed by atoms with van der Waals surface area (Å²) >= 11 is 0. The van der Waals surface area contributed by atoms with Crippen molar-refractivity contribution in [3.8, 4) is 34.2 Å². The zero-order valence-electron chi connectivity index (χ0n) is 18.1. The Morgan fingerprint density at radius 3 is 2.53 bits per heavy atom. The van der Waals surface area contributed by atoms with Crippen molar-refractivity contribution in [1.29, 1.82) is 0 Å². The topological polar surface area (TPSA) is 79.3 Å². The van der Waals surface area contributed by atoms with Crippen LogP contribution in [0.4, 0.5) is 5.69 Å². The van der Waals surface area contributed by atoms with Crippen molar-refractivity contribution in [2.24, 2.45) is 0 Å². The van der Waals surface area contributed by atoms with Gasteiger partial charge in [-0.25, -0.2) is 9.83 Å². The summed E-state index contributed by atoms with van der Waals surface area (Å²) in [5.74, 6) is 1.84. The number of aryl methyl sites for hydroxylation is 1. The lowest BCUT2D eigenvalue weighted by atomic mass is 10.0. The number of hydrogen-bond donors (Lipinski definition) is 0. The molecule has 4 aromatic rings. The second kappa shape index (κ2) is 9.37. The van der Waals surface area contributed by atoms with Crippen LogP contribution in [-0.4, -0.2) is 38.4 Å². The molecule has 1 aromatic carbocycles. The lowest BCUT2D eigenvalue weighted by molar-refractivity contribution is 0.127. The third-order valence-electron chi connectivity index (χ3n) is 4.99. The van der Waals surface area contributed by atoms with Gasteiger partial charge in [-0.15, -0.1) is 10.2 Å². The Bertz CT molecular complexity index is 1260. The summed E-state index contributed by atoms with van der Waals surface area (Å²) < 4.78 is 12.7. The molecule has 0 saturated heterocycles. The number of aromatic nitrogens is 5. The second-order valence-electron chi connectivity index (χ2n) is 7.01. The van der Waals surface area contributed by atoms with Crippen LogP contribution in [-0.2, 0) is 11.3 Å². The number of pyridine rings is 2. The zero-order valence-corrected chi connectivity index (χ0v) is 18.1. The van der Waals surface area contributed by atoms with Crippen molar-refractivity contribution >= 4 is 5.69 Å². The number of rotatable bonds is 7. The van der Waals surface area contributed by atoms with Gasteiger partial charge in [-0.2, -0.15) is 0 Å². The normalized spacial score (nSPS) is 10.7. The Hall–Kier alpha value is -4.09. The van der Waals surface area contributed by atoms with Crippen molar-refractivity contribution in [3.05, 3.63) is 77.7 Å². The lowest BCUT2D eigenvalue weighted by Crippen LogP contribution is -2.06. The molecule has 0 unspecified atom stereocenters. The molecule has 0 spiro atoms. The van der Waals surface area contributed by atoms with Crippen molar-refractivity contribution in [1.82, 2.24) is 24.7 Å². The first-order valence-corrected chi connectivity index (χ1v) is 10.1. The molecule has 0 N–H and O–H groups in total. The predicted octanol–water partition coefficient (Wildman–Crippen LogP) is 4.80. The Kier molecular flexibility index (Phi) is 6.19. The summed E-state index contributed by atoms with van der Waals surface area (Å²) in [5.41, 5.74) is 5.05. The summed E-state index contributed by atoms with van der Waals surface area (Å²) in [6.07, 6.45) is 3.49. The monoisotopic (exact) mass is 426 g/mol. The lowest BCUT2D eigenvalue weighted by Gasteiger charge is -2.11. The van der Waals surface area contributed by atoms with Crippen LogP contribution < -0.4 is 4.74 Å². The molecule has 32 heavy (non-hydrogen) atoms.